The first-order valence-electron chi connectivity index (χ1n) is 23.8. The third-order valence-electron chi connectivity index (χ3n) is 14.3. The van der Waals surface area contributed by atoms with Crippen molar-refractivity contribution in [3.05, 3.63) is 265 Å². The van der Waals surface area contributed by atoms with Gasteiger partial charge in [0.05, 0.1) is 5.41 Å². The fraction of sp³-hybridized carbons (Fsp3) is 0.0156. The highest BCUT2D eigenvalue weighted by atomic mass is 31.2. The maximum absolute atomic E-state index is 16.6. The average Bonchev–Trinajstić information content (AvgIpc) is 3.82. The zero-order chi connectivity index (χ0) is 47.1. The van der Waals surface area contributed by atoms with Crippen LogP contribution in [0.15, 0.2) is 247 Å². The van der Waals surface area contributed by atoms with E-state index in [-0.39, 0.29) is 0 Å². The number of rotatable bonds is 6. The first-order valence-corrected chi connectivity index (χ1v) is 25.5. The molecule has 0 saturated heterocycles. The lowest BCUT2D eigenvalue weighted by atomic mass is 9.63. The predicted molar refractivity (Wildman–Crippen MR) is 286 cm³/mol. The lowest BCUT2D eigenvalue weighted by molar-refractivity contribution is 0.435. The van der Waals surface area contributed by atoms with Crippen molar-refractivity contribution in [3.8, 4) is 67.9 Å². The second-order valence-electron chi connectivity index (χ2n) is 18.2. The quantitative estimate of drug-likeness (QED) is 0.155. The molecule has 0 N–H and O–H groups in total. The van der Waals surface area contributed by atoms with E-state index < -0.39 is 12.6 Å². The topological polar surface area (TPSA) is 78.1 Å². The fourth-order valence-electron chi connectivity index (χ4n) is 11.0. The molecular formula is C64H40N3O3P. The first-order chi connectivity index (χ1) is 35.0. The van der Waals surface area contributed by atoms with Gasteiger partial charge in [-0.1, -0.05) is 200 Å². The van der Waals surface area contributed by atoms with Crippen LogP contribution in [-0.2, 0) is 9.98 Å². The minimum absolute atomic E-state index is 0.504. The number of nitrogens with zero attached hydrogens (tertiary/aromatic N) is 3. The van der Waals surface area contributed by atoms with Crippen molar-refractivity contribution in [2.45, 2.75) is 5.41 Å². The third kappa shape index (κ3) is 6.35. The van der Waals surface area contributed by atoms with Crippen LogP contribution in [0.25, 0.3) is 78.4 Å². The highest BCUT2D eigenvalue weighted by Gasteiger charge is 2.55. The van der Waals surface area contributed by atoms with Gasteiger partial charge in [-0.25, -0.2) is 15.0 Å². The summed E-state index contributed by atoms with van der Waals surface area (Å²) in [6.45, 7) is 0. The Balaban J connectivity index is 1.02. The van der Waals surface area contributed by atoms with Crippen LogP contribution in [0.1, 0.15) is 22.3 Å². The molecule has 2 aliphatic rings. The summed E-state index contributed by atoms with van der Waals surface area (Å²) in [4.78, 5) is 15.7. The van der Waals surface area contributed by atoms with Crippen LogP contribution in [0.2, 0.25) is 0 Å². The van der Waals surface area contributed by atoms with Gasteiger partial charge in [-0.3, -0.25) is 0 Å². The molecule has 2 aliphatic heterocycles. The van der Waals surface area contributed by atoms with Gasteiger partial charge in [0.15, 0.2) is 24.6 Å². The van der Waals surface area contributed by atoms with Crippen LogP contribution >= 0.6 is 7.14 Å². The smallest absolute Gasteiger partial charge is 0.171 e. The Morgan fingerprint density at radius 3 is 1.54 bits per heavy atom. The van der Waals surface area contributed by atoms with E-state index in [0.29, 0.717) is 34.6 Å². The Morgan fingerprint density at radius 1 is 0.338 bits per heavy atom. The van der Waals surface area contributed by atoms with E-state index in [1.54, 1.807) is 0 Å². The summed E-state index contributed by atoms with van der Waals surface area (Å²) in [5.74, 6) is 2.97. The highest BCUT2D eigenvalue weighted by molar-refractivity contribution is 7.85. The molecule has 334 valence electrons. The van der Waals surface area contributed by atoms with Gasteiger partial charge in [0.1, 0.15) is 22.7 Å². The Labute approximate surface area is 410 Å². The molecule has 7 heteroatoms. The second-order valence-corrected chi connectivity index (χ2v) is 20.9. The molecule has 71 heavy (non-hydrogen) atoms. The standard InChI is InChI=1S/C64H40N3O3P/c68-71(48-26-8-3-9-27-48)59-33-15-12-30-53(59)64(54-39-50-49-28-10-13-31-55(49)69-57(50)40-60(54)71)51-29-11-14-32-56(51)70-58-38-47(34-35-52(58)64)63-66-61(45-24-16-22-43(36-45)41-18-4-1-5-19-41)65-62(67-63)46-25-17-23-44(37-46)42-20-6-2-7-21-42/h1-40H. The predicted octanol–water partition coefficient (Wildman–Crippen LogP) is 14.5. The Kier molecular flexibility index (Phi) is 9.29. The van der Waals surface area contributed by atoms with Crippen LogP contribution in [0.3, 0.4) is 0 Å². The first kappa shape index (κ1) is 41.1. The molecule has 14 rings (SSSR count). The number of ether oxygens (including phenoxy) is 1. The van der Waals surface area contributed by atoms with Gasteiger partial charge in [0.25, 0.3) is 0 Å². The SMILES string of the molecule is O=P1(c2ccccc2)c2ccccc2C2(c3ccccc3Oc3cc(-c4nc(-c5cccc(-c6ccccc6)c5)nc(-c5cccc(-c6ccccc6)c5)n4)ccc32)c2cc3c(cc21)oc1ccccc13. The maximum Gasteiger partial charge on any atom is 0.171 e. The largest absolute Gasteiger partial charge is 0.457 e. The van der Waals surface area contributed by atoms with Crippen molar-refractivity contribution in [2.24, 2.45) is 0 Å². The molecule has 0 bridgehead atoms. The molecule has 0 amide bonds. The summed E-state index contributed by atoms with van der Waals surface area (Å²) >= 11 is 0. The molecule has 2 unspecified atom stereocenters. The molecule has 0 fully saturated rings. The molecule has 12 aromatic rings. The molecule has 10 aromatic carbocycles. The molecule has 1 spiro atoms. The molecule has 0 radical (unpaired) electrons. The number of aromatic nitrogens is 3. The number of fused-ring (bicyclic) bond motifs is 11. The number of benzene rings is 10. The number of para-hydroxylation sites is 2. The van der Waals surface area contributed by atoms with Crippen molar-refractivity contribution in [3.63, 3.8) is 0 Å². The lowest BCUT2D eigenvalue weighted by Crippen LogP contribution is -2.47. The van der Waals surface area contributed by atoms with Crippen molar-refractivity contribution in [1.29, 1.82) is 0 Å². The molecule has 2 aromatic heterocycles. The monoisotopic (exact) mass is 929 g/mol. The van der Waals surface area contributed by atoms with Crippen LogP contribution in [0.4, 0.5) is 0 Å². The summed E-state index contributed by atoms with van der Waals surface area (Å²) in [6.07, 6.45) is 0. The van der Waals surface area contributed by atoms with Crippen molar-refractivity contribution in [1.82, 2.24) is 15.0 Å². The van der Waals surface area contributed by atoms with E-state index >= 15 is 4.57 Å². The molecule has 0 aliphatic carbocycles. The summed E-state index contributed by atoms with van der Waals surface area (Å²) in [5, 5.41) is 4.23. The van der Waals surface area contributed by atoms with Crippen LogP contribution in [0.5, 0.6) is 11.5 Å². The molecule has 0 saturated carbocycles. The van der Waals surface area contributed by atoms with Gasteiger partial charge in [-0.15, -0.1) is 0 Å². The minimum Gasteiger partial charge on any atom is -0.457 e. The lowest BCUT2D eigenvalue weighted by Gasteiger charge is -2.47. The Bertz CT molecular complexity index is 4030. The maximum atomic E-state index is 16.6. The minimum atomic E-state index is -3.51. The summed E-state index contributed by atoms with van der Waals surface area (Å²) in [7, 11) is -3.51. The van der Waals surface area contributed by atoms with Gasteiger partial charge in [-0.05, 0) is 75.8 Å². The molecule has 6 nitrogen and oxygen atoms in total. The number of furan rings is 1. The molecule has 4 heterocycles. The highest BCUT2D eigenvalue weighted by Crippen LogP contribution is 2.62. The molecule has 2 atom stereocenters. The summed E-state index contributed by atoms with van der Waals surface area (Å²) < 4.78 is 30.3. The Morgan fingerprint density at radius 2 is 0.859 bits per heavy atom. The zero-order valence-corrected chi connectivity index (χ0v) is 39.0. The van der Waals surface area contributed by atoms with Crippen LogP contribution in [-0.4, -0.2) is 15.0 Å². The van der Waals surface area contributed by atoms with Gasteiger partial charge >= 0.3 is 0 Å². The molecular weight excluding hydrogens is 890 g/mol. The normalized spacial score (nSPS) is 16.5. The van der Waals surface area contributed by atoms with E-state index in [1.807, 2.05) is 103 Å². The summed E-state index contributed by atoms with van der Waals surface area (Å²) in [5.41, 5.74) is 11.1. The van der Waals surface area contributed by atoms with E-state index in [9.17, 15) is 0 Å². The van der Waals surface area contributed by atoms with Gasteiger partial charge in [0.2, 0.25) is 0 Å². The van der Waals surface area contributed by atoms with Crippen LogP contribution in [0, 0.1) is 0 Å². The van der Waals surface area contributed by atoms with Crippen molar-refractivity contribution < 1.29 is 13.7 Å². The van der Waals surface area contributed by atoms with Gasteiger partial charge < -0.3 is 13.7 Å². The van der Waals surface area contributed by atoms with E-state index in [0.717, 1.165) is 93.5 Å². The zero-order valence-electron chi connectivity index (χ0n) is 38.1. The van der Waals surface area contributed by atoms with Crippen molar-refractivity contribution >= 4 is 45.0 Å². The third-order valence-corrected chi connectivity index (χ3v) is 17.4. The van der Waals surface area contributed by atoms with Gasteiger partial charge in [-0.2, -0.15) is 0 Å². The van der Waals surface area contributed by atoms with Gasteiger partial charge in [0, 0.05) is 54.5 Å². The number of hydrogen-bond acceptors (Lipinski definition) is 6. The van der Waals surface area contributed by atoms with E-state index in [1.165, 1.54) is 0 Å². The Hall–Kier alpha value is -8.96. The average molecular weight is 930 g/mol. The van der Waals surface area contributed by atoms with Crippen molar-refractivity contribution in [2.75, 3.05) is 0 Å². The van der Waals surface area contributed by atoms with Crippen LogP contribution < -0.4 is 20.7 Å². The van der Waals surface area contributed by atoms with E-state index in [4.69, 9.17) is 24.1 Å². The number of hydrogen-bond donors (Lipinski definition) is 0. The second kappa shape index (κ2) is 16.1. The van der Waals surface area contributed by atoms with E-state index in [2.05, 4.69) is 140 Å². The summed E-state index contributed by atoms with van der Waals surface area (Å²) in [6, 6.07) is 82.6. The fourth-order valence-corrected chi connectivity index (χ4v) is 14.2.